The van der Waals surface area contributed by atoms with Crippen LogP contribution in [-0.4, -0.2) is 19.6 Å². The Labute approximate surface area is 109 Å². The Morgan fingerprint density at radius 2 is 2.28 bits per heavy atom. The van der Waals surface area contributed by atoms with Crippen LogP contribution in [0.15, 0.2) is 23.3 Å². The van der Waals surface area contributed by atoms with Crippen molar-refractivity contribution < 1.29 is 0 Å². The van der Waals surface area contributed by atoms with Gasteiger partial charge in [-0.3, -0.25) is 9.48 Å². The molecule has 7 heteroatoms. The summed E-state index contributed by atoms with van der Waals surface area (Å²) in [6, 6.07) is 1.79. The zero-order valence-corrected chi connectivity index (χ0v) is 11.0. The molecule has 6 nitrogen and oxygen atoms in total. The monoisotopic (exact) mass is 267 g/mol. The highest BCUT2D eigenvalue weighted by atomic mass is 35.5. The summed E-state index contributed by atoms with van der Waals surface area (Å²) in [5.74, 6) is 0.619. The Morgan fingerprint density at radius 1 is 1.50 bits per heavy atom. The summed E-state index contributed by atoms with van der Waals surface area (Å²) in [7, 11) is 1.81. The lowest BCUT2D eigenvalue weighted by atomic mass is 10.4. The molecule has 0 saturated carbocycles. The van der Waals surface area contributed by atoms with E-state index in [-0.39, 0.29) is 10.6 Å². The third-order valence-electron chi connectivity index (χ3n) is 2.40. The maximum atomic E-state index is 11.9. The van der Waals surface area contributed by atoms with Gasteiger partial charge in [-0.05, 0) is 6.42 Å². The number of nitrogens with zero attached hydrogens (tertiary/aromatic N) is 4. The lowest BCUT2D eigenvalue weighted by Crippen LogP contribution is -2.23. The number of hydrogen-bond acceptors (Lipinski definition) is 4. The first-order valence-electron chi connectivity index (χ1n) is 5.64. The number of aromatic nitrogens is 4. The first-order chi connectivity index (χ1) is 8.61. The van der Waals surface area contributed by atoms with Gasteiger partial charge in [-0.15, -0.1) is 0 Å². The lowest BCUT2D eigenvalue weighted by molar-refractivity contribution is 0.569. The van der Waals surface area contributed by atoms with Crippen LogP contribution in [0.4, 0.5) is 11.5 Å². The van der Waals surface area contributed by atoms with E-state index < -0.39 is 0 Å². The van der Waals surface area contributed by atoms with Gasteiger partial charge in [0.1, 0.15) is 5.02 Å². The second kappa shape index (κ2) is 5.22. The van der Waals surface area contributed by atoms with E-state index in [0.29, 0.717) is 18.1 Å². The second-order valence-corrected chi connectivity index (χ2v) is 4.28. The van der Waals surface area contributed by atoms with E-state index in [1.807, 2.05) is 14.0 Å². The maximum absolute atomic E-state index is 11.9. The molecule has 0 bridgehead atoms. The van der Waals surface area contributed by atoms with Gasteiger partial charge in [0.25, 0.3) is 5.56 Å². The molecule has 2 aromatic heterocycles. The summed E-state index contributed by atoms with van der Waals surface area (Å²) in [5.41, 5.74) is 0.173. The summed E-state index contributed by atoms with van der Waals surface area (Å²) in [6.07, 6.45) is 4.16. The zero-order chi connectivity index (χ0) is 13.1. The predicted octanol–water partition coefficient (Wildman–Crippen LogP) is 1.78. The lowest BCUT2D eigenvalue weighted by Gasteiger charge is -2.07. The quantitative estimate of drug-likeness (QED) is 0.917. The van der Waals surface area contributed by atoms with Gasteiger partial charge in [0.15, 0.2) is 5.82 Å². The summed E-state index contributed by atoms with van der Waals surface area (Å²) in [4.78, 5) is 11.9. The molecule has 18 heavy (non-hydrogen) atoms. The molecule has 96 valence electrons. The predicted molar refractivity (Wildman–Crippen MR) is 70.3 cm³/mol. The van der Waals surface area contributed by atoms with Crippen molar-refractivity contribution in [3.8, 4) is 0 Å². The average Bonchev–Trinajstić information content (AvgIpc) is 2.75. The molecule has 0 aliphatic rings. The van der Waals surface area contributed by atoms with E-state index in [1.165, 1.54) is 10.9 Å². The van der Waals surface area contributed by atoms with E-state index in [0.717, 1.165) is 6.42 Å². The van der Waals surface area contributed by atoms with Gasteiger partial charge < -0.3 is 5.32 Å². The Kier molecular flexibility index (Phi) is 3.66. The fourth-order valence-electron chi connectivity index (χ4n) is 1.54. The zero-order valence-electron chi connectivity index (χ0n) is 10.2. The molecular formula is C11H14ClN5O. The first kappa shape index (κ1) is 12.6. The molecule has 0 atom stereocenters. The van der Waals surface area contributed by atoms with Crippen LogP contribution >= 0.6 is 11.6 Å². The molecule has 2 aromatic rings. The molecule has 0 amide bonds. The molecule has 1 N–H and O–H groups in total. The molecule has 2 rings (SSSR count). The molecule has 0 aromatic carbocycles. The Hall–Kier alpha value is -1.82. The number of halogens is 1. The van der Waals surface area contributed by atoms with E-state index in [1.54, 1.807) is 16.9 Å². The van der Waals surface area contributed by atoms with Crippen molar-refractivity contribution in [3.63, 3.8) is 0 Å². The topological polar surface area (TPSA) is 64.7 Å². The van der Waals surface area contributed by atoms with Gasteiger partial charge in [0.2, 0.25) is 0 Å². The van der Waals surface area contributed by atoms with Crippen LogP contribution in [0.3, 0.4) is 0 Å². The largest absolute Gasteiger partial charge is 0.336 e. The smallest absolute Gasteiger partial charge is 0.287 e. The van der Waals surface area contributed by atoms with Crippen molar-refractivity contribution in [2.75, 3.05) is 5.32 Å². The summed E-state index contributed by atoms with van der Waals surface area (Å²) in [5, 5.41) is 11.3. The highest BCUT2D eigenvalue weighted by molar-refractivity contribution is 6.33. The minimum Gasteiger partial charge on any atom is -0.336 e. The fourth-order valence-corrected chi connectivity index (χ4v) is 1.74. The van der Waals surface area contributed by atoms with Gasteiger partial charge in [-0.1, -0.05) is 18.5 Å². The second-order valence-electron chi connectivity index (χ2n) is 3.90. The molecular weight excluding hydrogens is 254 g/mol. The van der Waals surface area contributed by atoms with Crippen molar-refractivity contribution in [1.29, 1.82) is 0 Å². The van der Waals surface area contributed by atoms with Crippen LogP contribution in [0.5, 0.6) is 0 Å². The van der Waals surface area contributed by atoms with E-state index in [4.69, 9.17) is 11.6 Å². The Morgan fingerprint density at radius 3 is 2.89 bits per heavy atom. The normalized spacial score (nSPS) is 10.6. The number of nitrogens with one attached hydrogen (secondary N) is 1. The molecule has 2 heterocycles. The molecule has 0 aliphatic heterocycles. The minimum atomic E-state index is -0.292. The summed E-state index contributed by atoms with van der Waals surface area (Å²) in [6.45, 7) is 2.53. The molecule has 0 fully saturated rings. The van der Waals surface area contributed by atoms with Crippen LogP contribution in [0.1, 0.15) is 13.3 Å². The summed E-state index contributed by atoms with van der Waals surface area (Å²) < 4.78 is 3.01. The van der Waals surface area contributed by atoms with Gasteiger partial charge in [0.05, 0.1) is 11.9 Å². The van der Waals surface area contributed by atoms with Gasteiger partial charge in [0, 0.05) is 25.9 Å². The van der Waals surface area contributed by atoms with E-state index >= 15 is 0 Å². The fraction of sp³-hybridized carbons (Fsp3) is 0.364. The van der Waals surface area contributed by atoms with Crippen LogP contribution in [0.25, 0.3) is 0 Å². The van der Waals surface area contributed by atoms with Gasteiger partial charge in [-0.2, -0.15) is 10.2 Å². The SMILES string of the molecule is CCCn1ncc(Nc2ccn(C)n2)c(Cl)c1=O. The standard InChI is InChI=1S/C11H14ClN5O/c1-3-5-17-11(18)10(12)8(7-13-17)14-9-4-6-16(2)15-9/h4,6-7H,3,5H2,1-2H3,(H,14,15). The van der Waals surface area contributed by atoms with Crippen molar-refractivity contribution in [3.05, 3.63) is 33.8 Å². The number of aryl methyl sites for hydroxylation is 2. The third kappa shape index (κ3) is 2.53. The summed E-state index contributed by atoms with van der Waals surface area (Å²) >= 11 is 6.02. The number of anilines is 2. The van der Waals surface area contributed by atoms with Crippen molar-refractivity contribution in [2.24, 2.45) is 7.05 Å². The van der Waals surface area contributed by atoms with Crippen molar-refractivity contribution in [2.45, 2.75) is 19.9 Å². The minimum absolute atomic E-state index is 0.129. The van der Waals surface area contributed by atoms with Gasteiger partial charge >= 0.3 is 0 Å². The van der Waals surface area contributed by atoms with E-state index in [9.17, 15) is 4.79 Å². The highest BCUT2D eigenvalue weighted by Crippen LogP contribution is 2.19. The number of hydrogen-bond donors (Lipinski definition) is 1. The number of rotatable bonds is 4. The Balaban J connectivity index is 2.30. The Bertz CT molecular complexity index is 604. The molecule has 0 radical (unpaired) electrons. The van der Waals surface area contributed by atoms with Crippen molar-refractivity contribution >= 4 is 23.1 Å². The molecule has 0 saturated heterocycles. The first-order valence-corrected chi connectivity index (χ1v) is 6.02. The van der Waals surface area contributed by atoms with Crippen LogP contribution in [0, 0.1) is 0 Å². The van der Waals surface area contributed by atoms with Crippen LogP contribution in [-0.2, 0) is 13.6 Å². The maximum Gasteiger partial charge on any atom is 0.287 e. The highest BCUT2D eigenvalue weighted by Gasteiger charge is 2.09. The van der Waals surface area contributed by atoms with Crippen molar-refractivity contribution in [1.82, 2.24) is 19.6 Å². The average molecular weight is 268 g/mol. The molecule has 0 unspecified atom stereocenters. The molecule has 0 spiro atoms. The third-order valence-corrected chi connectivity index (χ3v) is 2.76. The van der Waals surface area contributed by atoms with E-state index in [2.05, 4.69) is 15.5 Å². The van der Waals surface area contributed by atoms with Crippen LogP contribution in [0.2, 0.25) is 5.02 Å². The van der Waals surface area contributed by atoms with Gasteiger partial charge in [-0.25, -0.2) is 4.68 Å². The molecule has 0 aliphatic carbocycles. The van der Waals surface area contributed by atoms with Crippen LogP contribution < -0.4 is 10.9 Å².